The van der Waals surface area contributed by atoms with Crippen LogP contribution in [0.3, 0.4) is 0 Å². The van der Waals surface area contributed by atoms with E-state index in [2.05, 4.69) is 24.1 Å². The Labute approximate surface area is 149 Å². The molecule has 0 radical (unpaired) electrons. The average molecular weight is 348 g/mol. The van der Waals surface area contributed by atoms with Crippen LogP contribution in [0.25, 0.3) is 0 Å². The lowest BCUT2D eigenvalue weighted by Crippen LogP contribution is -2.48. The summed E-state index contributed by atoms with van der Waals surface area (Å²) in [6.07, 6.45) is 2.44. The largest absolute Gasteiger partial charge is 0.494 e. The average Bonchev–Trinajstić information content (AvgIpc) is 3.38. The van der Waals surface area contributed by atoms with E-state index in [-0.39, 0.29) is 18.1 Å². The summed E-state index contributed by atoms with van der Waals surface area (Å²) in [6, 6.07) is 5.85. The van der Waals surface area contributed by atoms with Crippen molar-refractivity contribution in [3.05, 3.63) is 18.2 Å². The number of carbonyl (C=O) groups excluding carboxylic acids is 1. The molecule has 2 aliphatic rings. The van der Waals surface area contributed by atoms with E-state index < -0.39 is 0 Å². The van der Waals surface area contributed by atoms with Crippen LogP contribution in [0.5, 0.6) is 5.75 Å². The molecule has 2 fully saturated rings. The molecule has 1 amide bonds. The number of morpholine rings is 1. The van der Waals surface area contributed by atoms with Crippen molar-refractivity contribution in [2.45, 2.75) is 32.3 Å². The molecule has 1 heterocycles. The van der Waals surface area contributed by atoms with Crippen LogP contribution >= 0.6 is 0 Å². The van der Waals surface area contributed by atoms with Crippen molar-refractivity contribution in [2.75, 3.05) is 50.2 Å². The molecule has 6 nitrogen and oxygen atoms in total. The molecule has 0 atom stereocenters. The van der Waals surface area contributed by atoms with Gasteiger partial charge in [0.1, 0.15) is 12.4 Å². The Morgan fingerprint density at radius 3 is 2.88 bits per heavy atom. The summed E-state index contributed by atoms with van der Waals surface area (Å²) in [5.41, 5.74) is 1.56. The second kappa shape index (κ2) is 7.62. The minimum Gasteiger partial charge on any atom is -0.494 e. The third-order valence-corrected chi connectivity index (χ3v) is 4.53. The third-order valence-electron chi connectivity index (χ3n) is 4.53. The molecule has 25 heavy (non-hydrogen) atoms. The molecule has 1 N–H and O–H groups in total. The van der Waals surface area contributed by atoms with Gasteiger partial charge in [-0.25, -0.2) is 0 Å². The second-order valence-corrected chi connectivity index (χ2v) is 7.42. The fourth-order valence-corrected chi connectivity index (χ4v) is 3.01. The van der Waals surface area contributed by atoms with Gasteiger partial charge in [-0.15, -0.1) is 0 Å². The van der Waals surface area contributed by atoms with Gasteiger partial charge in [0.15, 0.2) is 0 Å². The number of amides is 1. The first-order valence-corrected chi connectivity index (χ1v) is 8.91. The van der Waals surface area contributed by atoms with Gasteiger partial charge in [0.25, 0.3) is 0 Å². The zero-order valence-corrected chi connectivity index (χ0v) is 15.3. The molecule has 1 saturated heterocycles. The highest BCUT2D eigenvalue weighted by molar-refractivity contribution is 5.93. The summed E-state index contributed by atoms with van der Waals surface area (Å²) >= 11 is 0. The maximum atomic E-state index is 12.0. The number of rotatable bonds is 7. The number of nitrogens with zero attached hydrogens (tertiary/aromatic N) is 1. The lowest BCUT2D eigenvalue weighted by atomic mass is 10.1. The lowest BCUT2D eigenvalue weighted by molar-refractivity contribution is -0.120. The van der Waals surface area contributed by atoms with E-state index in [1.807, 2.05) is 18.2 Å². The molecule has 0 unspecified atom stereocenters. The second-order valence-electron chi connectivity index (χ2n) is 7.42. The van der Waals surface area contributed by atoms with Gasteiger partial charge in [-0.3, -0.25) is 4.79 Å². The van der Waals surface area contributed by atoms with Crippen molar-refractivity contribution in [3.8, 4) is 5.75 Å². The van der Waals surface area contributed by atoms with Crippen LogP contribution in [0.2, 0.25) is 0 Å². The van der Waals surface area contributed by atoms with Gasteiger partial charge < -0.3 is 24.4 Å². The van der Waals surface area contributed by atoms with Gasteiger partial charge in [-0.05, 0) is 44.7 Å². The predicted octanol–water partition coefficient (Wildman–Crippen LogP) is 2.68. The summed E-state index contributed by atoms with van der Waals surface area (Å²) in [4.78, 5) is 14.3. The van der Waals surface area contributed by atoms with Crippen molar-refractivity contribution < 1.29 is 19.0 Å². The fourth-order valence-electron chi connectivity index (χ4n) is 3.01. The SMILES string of the molecule is COc1cc(N2CCOC(C)(C)C2)ccc1NC(=O)COCC1CC1. The summed E-state index contributed by atoms with van der Waals surface area (Å²) in [6.45, 7) is 7.30. The van der Waals surface area contributed by atoms with Crippen LogP contribution in [-0.2, 0) is 14.3 Å². The molecule has 1 aliphatic heterocycles. The van der Waals surface area contributed by atoms with Crippen LogP contribution in [0.1, 0.15) is 26.7 Å². The smallest absolute Gasteiger partial charge is 0.250 e. The number of nitrogens with one attached hydrogen (secondary N) is 1. The fraction of sp³-hybridized carbons (Fsp3) is 0.632. The Balaban J connectivity index is 1.61. The van der Waals surface area contributed by atoms with E-state index in [9.17, 15) is 4.79 Å². The van der Waals surface area contributed by atoms with E-state index in [0.717, 1.165) is 18.8 Å². The minimum atomic E-state index is -0.169. The highest BCUT2D eigenvalue weighted by atomic mass is 16.5. The normalized spacial score (nSPS) is 19.6. The minimum absolute atomic E-state index is 0.0824. The Kier molecular flexibility index (Phi) is 5.49. The molecule has 1 aromatic carbocycles. The molecule has 1 aromatic rings. The first-order chi connectivity index (χ1) is 12.0. The Morgan fingerprint density at radius 1 is 1.40 bits per heavy atom. The van der Waals surface area contributed by atoms with E-state index in [1.165, 1.54) is 12.8 Å². The first kappa shape index (κ1) is 18.0. The van der Waals surface area contributed by atoms with E-state index in [4.69, 9.17) is 14.2 Å². The standard InChI is InChI=1S/C19H28N2O4/c1-19(2)13-21(8-9-25-19)15-6-7-16(17(10-15)23-3)20-18(22)12-24-11-14-4-5-14/h6-7,10,14H,4-5,8-9,11-13H2,1-3H3,(H,20,22). The summed E-state index contributed by atoms with van der Waals surface area (Å²) in [7, 11) is 1.61. The van der Waals surface area contributed by atoms with Crippen molar-refractivity contribution in [1.82, 2.24) is 0 Å². The molecule has 0 aromatic heterocycles. The molecule has 1 aliphatic carbocycles. The van der Waals surface area contributed by atoms with Crippen LogP contribution in [0.15, 0.2) is 18.2 Å². The van der Waals surface area contributed by atoms with Crippen LogP contribution in [-0.4, -0.2) is 51.5 Å². The summed E-state index contributed by atoms with van der Waals surface area (Å²) in [5, 5.41) is 2.87. The highest BCUT2D eigenvalue weighted by Crippen LogP contribution is 2.32. The van der Waals surface area contributed by atoms with E-state index in [0.29, 0.717) is 30.6 Å². The van der Waals surface area contributed by atoms with Gasteiger partial charge in [-0.1, -0.05) is 0 Å². The Bertz CT molecular complexity index is 613. The Morgan fingerprint density at radius 2 is 2.20 bits per heavy atom. The molecule has 0 spiro atoms. The van der Waals surface area contributed by atoms with Crippen molar-refractivity contribution in [3.63, 3.8) is 0 Å². The van der Waals surface area contributed by atoms with Crippen LogP contribution in [0.4, 0.5) is 11.4 Å². The molecule has 138 valence electrons. The molecular weight excluding hydrogens is 320 g/mol. The zero-order valence-electron chi connectivity index (χ0n) is 15.3. The Hall–Kier alpha value is -1.79. The van der Waals surface area contributed by atoms with Gasteiger partial charge in [0, 0.05) is 24.8 Å². The van der Waals surface area contributed by atoms with Crippen LogP contribution < -0.4 is 15.0 Å². The topological polar surface area (TPSA) is 60.0 Å². The van der Waals surface area contributed by atoms with Crippen molar-refractivity contribution in [2.24, 2.45) is 5.92 Å². The number of ether oxygens (including phenoxy) is 3. The van der Waals surface area contributed by atoms with E-state index >= 15 is 0 Å². The summed E-state index contributed by atoms with van der Waals surface area (Å²) in [5.74, 6) is 1.15. The quantitative estimate of drug-likeness (QED) is 0.821. The van der Waals surface area contributed by atoms with E-state index in [1.54, 1.807) is 7.11 Å². The molecule has 1 saturated carbocycles. The summed E-state index contributed by atoms with van der Waals surface area (Å²) < 4.78 is 16.7. The number of benzene rings is 1. The van der Waals surface area contributed by atoms with Gasteiger partial charge >= 0.3 is 0 Å². The zero-order chi connectivity index (χ0) is 17.9. The molecular formula is C19H28N2O4. The maximum Gasteiger partial charge on any atom is 0.250 e. The monoisotopic (exact) mass is 348 g/mol. The molecule has 6 heteroatoms. The van der Waals surface area contributed by atoms with Gasteiger partial charge in [-0.2, -0.15) is 0 Å². The third kappa shape index (κ3) is 5.09. The number of anilines is 2. The number of hydrogen-bond donors (Lipinski definition) is 1. The highest BCUT2D eigenvalue weighted by Gasteiger charge is 2.27. The van der Waals surface area contributed by atoms with Gasteiger partial charge in [0.05, 0.1) is 31.6 Å². The maximum absolute atomic E-state index is 12.0. The first-order valence-electron chi connectivity index (χ1n) is 8.91. The van der Waals surface area contributed by atoms with Gasteiger partial charge in [0.2, 0.25) is 5.91 Å². The number of carbonyl (C=O) groups is 1. The number of methoxy groups -OCH3 is 1. The number of hydrogen-bond acceptors (Lipinski definition) is 5. The van der Waals surface area contributed by atoms with Crippen LogP contribution in [0, 0.1) is 5.92 Å². The van der Waals surface area contributed by atoms with Crippen molar-refractivity contribution >= 4 is 17.3 Å². The molecule has 3 rings (SSSR count). The molecule has 0 bridgehead atoms. The van der Waals surface area contributed by atoms with Crippen molar-refractivity contribution in [1.29, 1.82) is 0 Å². The lowest BCUT2D eigenvalue weighted by Gasteiger charge is -2.39. The predicted molar refractivity (Wildman–Crippen MR) is 97.4 cm³/mol.